The zero-order chi connectivity index (χ0) is 18.7. The molecule has 26 heavy (non-hydrogen) atoms. The molecule has 3 heterocycles. The van der Waals surface area contributed by atoms with E-state index in [4.69, 9.17) is 4.98 Å². The van der Waals surface area contributed by atoms with Gasteiger partial charge in [0.2, 0.25) is 5.78 Å². The van der Waals surface area contributed by atoms with Crippen LogP contribution in [0.25, 0.3) is 16.9 Å². The molecule has 1 aliphatic rings. The first-order valence-corrected chi connectivity index (χ1v) is 9.52. The Morgan fingerprint density at radius 1 is 1.12 bits per heavy atom. The van der Waals surface area contributed by atoms with Gasteiger partial charge in [0.25, 0.3) is 5.56 Å². The molecule has 0 unspecified atom stereocenters. The highest BCUT2D eigenvalue weighted by Gasteiger charge is 2.27. The molecule has 0 spiro atoms. The fraction of sp³-hybridized carbons (Fsp3) is 0.632. The molecule has 0 aliphatic heterocycles. The molecule has 1 aliphatic carbocycles. The standard InChI is InChI=1S/C19H27N5O2/c1-11(2)10-22-17(25)15-16(21(5)19(22)26)20-18-23(14-8-6-7-9-14)12(3)13(4)24(15)18/h11,14H,6-10H2,1-5H3. The monoisotopic (exact) mass is 357 g/mol. The molecular formula is C19H27N5O2. The summed E-state index contributed by atoms with van der Waals surface area (Å²) in [7, 11) is 1.70. The maximum absolute atomic E-state index is 13.2. The van der Waals surface area contributed by atoms with E-state index in [2.05, 4.69) is 11.5 Å². The van der Waals surface area contributed by atoms with Crippen molar-refractivity contribution in [3.05, 3.63) is 32.2 Å². The molecule has 3 aromatic heterocycles. The van der Waals surface area contributed by atoms with Crippen molar-refractivity contribution >= 4 is 16.9 Å². The highest BCUT2D eigenvalue weighted by atomic mass is 16.2. The van der Waals surface area contributed by atoms with Gasteiger partial charge in [0.1, 0.15) is 0 Å². The number of imidazole rings is 2. The summed E-state index contributed by atoms with van der Waals surface area (Å²) in [6.45, 7) is 8.56. The van der Waals surface area contributed by atoms with E-state index in [1.54, 1.807) is 7.05 Å². The fourth-order valence-corrected chi connectivity index (χ4v) is 4.40. The Kier molecular flexibility index (Phi) is 3.86. The van der Waals surface area contributed by atoms with Gasteiger partial charge in [-0.05, 0) is 32.6 Å². The molecule has 0 amide bonds. The summed E-state index contributed by atoms with van der Waals surface area (Å²) in [5.41, 5.74) is 2.64. The summed E-state index contributed by atoms with van der Waals surface area (Å²) in [6, 6.07) is 0.429. The maximum atomic E-state index is 13.2. The predicted octanol–water partition coefficient (Wildman–Crippen LogP) is 2.54. The van der Waals surface area contributed by atoms with Gasteiger partial charge in [-0.15, -0.1) is 0 Å². The van der Waals surface area contributed by atoms with E-state index >= 15 is 0 Å². The number of fused-ring (bicyclic) bond motifs is 3. The van der Waals surface area contributed by atoms with Gasteiger partial charge in [-0.1, -0.05) is 26.7 Å². The van der Waals surface area contributed by atoms with E-state index in [0.717, 1.165) is 30.0 Å². The number of rotatable bonds is 3. The van der Waals surface area contributed by atoms with Gasteiger partial charge in [0.15, 0.2) is 11.2 Å². The van der Waals surface area contributed by atoms with Gasteiger partial charge in [0, 0.05) is 31.0 Å². The van der Waals surface area contributed by atoms with E-state index in [1.807, 2.05) is 25.2 Å². The van der Waals surface area contributed by atoms with Crippen LogP contribution in [0, 0.1) is 19.8 Å². The molecule has 0 bridgehead atoms. The lowest BCUT2D eigenvalue weighted by Crippen LogP contribution is -2.40. The molecule has 3 aromatic rings. The molecule has 0 saturated heterocycles. The minimum Gasteiger partial charge on any atom is -0.311 e. The number of hydrogen-bond donors (Lipinski definition) is 0. The zero-order valence-corrected chi connectivity index (χ0v) is 16.2. The average molecular weight is 357 g/mol. The van der Waals surface area contributed by atoms with E-state index in [1.165, 1.54) is 22.0 Å². The Hall–Kier alpha value is -2.31. The molecule has 0 atom stereocenters. The van der Waals surface area contributed by atoms with Gasteiger partial charge in [-0.25, -0.2) is 4.79 Å². The highest BCUT2D eigenvalue weighted by Crippen LogP contribution is 2.34. The van der Waals surface area contributed by atoms with Crippen molar-refractivity contribution in [2.24, 2.45) is 13.0 Å². The lowest BCUT2D eigenvalue weighted by Gasteiger charge is -2.14. The van der Waals surface area contributed by atoms with Crippen molar-refractivity contribution in [3.8, 4) is 0 Å². The highest BCUT2D eigenvalue weighted by molar-refractivity contribution is 5.76. The van der Waals surface area contributed by atoms with Crippen LogP contribution in [-0.4, -0.2) is 23.1 Å². The van der Waals surface area contributed by atoms with Crippen molar-refractivity contribution in [1.29, 1.82) is 0 Å². The van der Waals surface area contributed by atoms with Crippen molar-refractivity contribution in [2.75, 3.05) is 0 Å². The van der Waals surface area contributed by atoms with Gasteiger partial charge in [-0.2, -0.15) is 4.98 Å². The molecule has 0 N–H and O–H groups in total. The van der Waals surface area contributed by atoms with Crippen LogP contribution >= 0.6 is 0 Å². The number of aryl methyl sites for hydroxylation is 2. The summed E-state index contributed by atoms with van der Waals surface area (Å²) in [4.78, 5) is 30.6. The van der Waals surface area contributed by atoms with Crippen LogP contribution in [0.5, 0.6) is 0 Å². The lowest BCUT2D eigenvalue weighted by molar-refractivity contribution is 0.484. The normalized spacial score (nSPS) is 15.9. The SMILES string of the molecule is Cc1c(C)n2c3c(=O)n(CC(C)C)c(=O)n(C)c3nc2n1C1CCCC1. The Balaban J connectivity index is 2.13. The second-order valence-electron chi connectivity index (χ2n) is 8.05. The molecule has 1 saturated carbocycles. The molecule has 1 fully saturated rings. The summed E-state index contributed by atoms with van der Waals surface area (Å²) < 4.78 is 7.10. The maximum Gasteiger partial charge on any atom is 0.332 e. The molecule has 4 rings (SSSR count). The molecule has 7 heteroatoms. The Morgan fingerprint density at radius 2 is 1.77 bits per heavy atom. The molecule has 0 radical (unpaired) electrons. The average Bonchev–Trinajstić information content (AvgIpc) is 3.28. The van der Waals surface area contributed by atoms with Crippen LogP contribution in [0.1, 0.15) is 57.0 Å². The molecule has 0 aromatic carbocycles. The third-order valence-electron chi connectivity index (χ3n) is 5.80. The largest absolute Gasteiger partial charge is 0.332 e. The molecule has 7 nitrogen and oxygen atoms in total. The second-order valence-corrected chi connectivity index (χ2v) is 8.05. The smallest absolute Gasteiger partial charge is 0.311 e. The Morgan fingerprint density at radius 3 is 2.38 bits per heavy atom. The first kappa shape index (κ1) is 17.1. The number of nitrogens with zero attached hydrogens (tertiary/aromatic N) is 5. The quantitative estimate of drug-likeness (QED) is 0.723. The summed E-state index contributed by atoms with van der Waals surface area (Å²) >= 11 is 0. The Bertz CT molecular complexity index is 1120. The second kappa shape index (κ2) is 5.86. The number of aromatic nitrogens is 5. The third kappa shape index (κ3) is 2.22. The van der Waals surface area contributed by atoms with Gasteiger partial charge in [0.05, 0.1) is 0 Å². The van der Waals surface area contributed by atoms with Crippen LogP contribution in [0.2, 0.25) is 0 Å². The summed E-state index contributed by atoms with van der Waals surface area (Å²) in [6.07, 6.45) is 4.75. The fourth-order valence-electron chi connectivity index (χ4n) is 4.40. The van der Waals surface area contributed by atoms with Crippen LogP contribution in [0.15, 0.2) is 9.59 Å². The van der Waals surface area contributed by atoms with E-state index < -0.39 is 0 Å². The zero-order valence-electron chi connectivity index (χ0n) is 16.2. The lowest BCUT2D eigenvalue weighted by atomic mass is 10.2. The van der Waals surface area contributed by atoms with Crippen LogP contribution in [0.4, 0.5) is 0 Å². The van der Waals surface area contributed by atoms with Gasteiger partial charge >= 0.3 is 5.69 Å². The molecular weight excluding hydrogens is 330 g/mol. The van der Waals surface area contributed by atoms with Gasteiger partial charge < -0.3 is 4.57 Å². The van der Waals surface area contributed by atoms with Crippen molar-refractivity contribution < 1.29 is 0 Å². The van der Waals surface area contributed by atoms with E-state index in [0.29, 0.717) is 23.8 Å². The van der Waals surface area contributed by atoms with E-state index in [9.17, 15) is 9.59 Å². The minimum absolute atomic E-state index is 0.215. The van der Waals surface area contributed by atoms with Crippen LogP contribution in [0.3, 0.4) is 0 Å². The van der Waals surface area contributed by atoms with Crippen molar-refractivity contribution in [2.45, 2.75) is 66.0 Å². The third-order valence-corrected chi connectivity index (χ3v) is 5.80. The predicted molar refractivity (Wildman–Crippen MR) is 102 cm³/mol. The van der Waals surface area contributed by atoms with E-state index in [-0.39, 0.29) is 17.2 Å². The summed E-state index contributed by atoms with van der Waals surface area (Å²) in [5.74, 6) is 1.00. The van der Waals surface area contributed by atoms with Crippen LogP contribution < -0.4 is 11.2 Å². The van der Waals surface area contributed by atoms with Gasteiger partial charge in [-0.3, -0.25) is 18.3 Å². The summed E-state index contributed by atoms with van der Waals surface area (Å²) in [5, 5.41) is 0. The minimum atomic E-state index is -0.293. The van der Waals surface area contributed by atoms with Crippen LogP contribution in [-0.2, 0) is 13.6 Å². The molecule has 140 valence electrons. The van der Waals surface area contributed by atoms with Crippen molar-refractivity contribution in [3.63, 3.8) is 0 Å². The first-order valence-electron chi connectivity index (χ1n) is 9.52. The number of hydrogen-bond acceptors (Lipinski definition) is 3. The topological polar surface area (TPSA) is 66.2 Å². The van der Waals surface area contributed by atoms with Crippen molar-refractivity contribution in [1.82, 2.24) is 23.1 Å². The Labute approximate surface area is 151 Å². The first-order chi connectivity index (χ1) is 12.3.